The van der Waals surface area contributed by atoms with Gasteiger partial charge in [0.1, 0.15) is 5.78 Å². The number of nitrogens with zero attached hydrogens (tertiary/aromatic N) is 2. The molecule has 3 nitrogen and oxygen atoms in total. The summed E-state index contributed by atoms with van der Waals surface area (Å²) in [4.78, 5) is 17.4. The van der Waals surface area contributed by atoms with Gasteiger partial charge in [-0.15, -0.1) is 0 Å². The fourth-order valence-corrected chi connectivity index (χ4v) is 3.99. The van der Waals surface area contributed by atoms with E-state index in [0.717, 1.165) is 43.7 Å². The lowest BCUT2D eigenvalue weighted by atomic mass is 9.75. The van der Waals surface area contributed by atoms with Crippen LogP contribution in [0.25, 0.3) is 0 Å². The second-order valence-corrected chi connectivity index (χ2v) is 7.51. The molecule has 0 aromatic carbocycles. The summed E-state index contributed by atoms with van der Waals surface area (Å²) in [5.41, 5.74) is 0. The van der Waals surface area contributed by atoms with Gasteiger partial charge in [0, 0.05) is 51.1 Å². The van der Waals surface area contributed by atoms with Crippen molar-refractivity contribution in [3.05, 3.63) is 0 Å². The Hall–Kier alpha value is -0.410. The highest BCUT2D eigenvalue weighted by molar-refractivity contribution is 5.82. The van der Waals surface area contributed by atoms with Gasteiger partial charge in [0.15, 0.2) is 0 Å². The first-order valence-corrected chi connectivity index (χ1v) is 8.62. The molecule has 0 aromatic rings. The maximum atomic E-state index is 12.2. The lowest BCUT2D eigenvalue weighted by Crippen LogP contribution is -2.49. The maximum Gasteiger partial charge on any atom is 0.137 e. The predicted octanol–water partition coefficient (Wildman–Crippen LogP) is 2.41. The van der Waals surface area contributed by atoms with Crippen LogP contribution in [0.5, 0.6) is 0 Å². The van der Waals surface area contributed by atoms with Gasteiger partial charge in [-0.1, -0.05) is 13.8 Å². The summed E-state index contributed by atoms with van der Waals surface area (Å²) in [6, 6.07) is 0.902. The van der Waals surface area contributed by atoms with E-state index in [1.807, 2.05) is 0 Å². The normalized spacial score (nSPS) is 33.9. The fraction of sp³-hybridized carbons (Fsp3) is 0.941. The van der Waals surface area contributed by atoms with Gasteiger partial charge >= 0.3 is 0 Å². The van der Waals surface area contributed by atoms with Crippen molar-refractivity contribution in [3.8, 4) is 0 Å². The molecule has 2 unspecified atom stereocenters. The molecule has 3 aliphatic rings. The van der Waals surface area contributed by atoms with Gasteiger partial charge < -0.3 is 4.90 Å². The Morgan fingerprint density at radius 3 is 2.40 bits per heavy atom. The minimum atomic E-state index is 0.323. The van der Waals surface area contributed by atoms with E-state index in [1.54, 1.807) is 0 Å². The van der Waals surface area contributed by atoms with Crippen LogP contribution in [0.3, 0.4) is 0 Å². The molecule has 0 N–H and O–H groups in total. The molecule has 0 aromatic heterocycles. The van der Waals surface area contributed by atoms with E-state index < -0.39 is 0 Å². The van der Waals surface area contributed by atoms with Crippen LogP contribution in [-0.4, -0.2) is 54.3 Å². The monoisotopic (exact) mass is 278 g/mol. The van der Waals surface area contributed by atoms with E-state index in [0.29, 0.717) is 11.7 Å². The smallest absolute Gasteiger partial charge is 0.137 e. The average Bonchev–Trinajstić information content (AvgIpc) is 3.26. The van der Waals surface area contributed by atoms with Gasteiger partial charge in [-0.2, -0.15) is 0 Å². The molecule has 0 spiro atoms. The van der Waals surface area contributed by atoms with Crippen LogP contribution in [0, 0.1) is 17.8 Å². The molecular formula is C17H30N2O. The zero-order valence-electron chi connectivity index (χ0n) is 13.2. The first-order chi connectivity index (χ1) is 9.63. The van der Waals surface area contributed by atoms with Crippen molar-refractivity contribution in [2.45, 2.75) is 52.0 Å². The Bertz CT molecular complexity index is 343. The molecule has 3 rings (SSSR count). The van der Waals surface area contributed by atoms with Crippen LogP contribution in [0.4, 0.5) is 0 Å². The topological polar surface area (TPSA) is 23.6 Å². The SMILES string of the molecule is CC(C)C1CCC(=O)C(CN2CCN(C3CC3)CC2)C1. The quantitative estimate of drug-likeness (QED) is 0.789. The number of hydrogen-bond donors (Lipinski definition) is 0. The first kappa shape index (κ1) is 14.5. The van der Waals surface area contributed by atoms with Gasteiger partial charge in [0.05, 0.1) is 0 Å². The van der Waals surface area contributed by atoms with E-state index >= 15 is 0 Å². The summed E-state index contributed by atoms with van der Waals surface area (Å²) in [5, 5.41) is 0. The molecule has 1 saturated heterocycles. The summed E-state index contributed by atoms with van der Waals surface area (Å²) in [6.07, 6.45) is 5.92. The number of Topliss-reactive ketones (excluding diaryl/α,β-unsaturated/α-hetero) is 1. The van der Waals surface area contributed by atoms with Crippen LogP contribution in [0.2, 0.25) is 0 Å². The van der Waals surface area contributed by atoms with Gasteiger partial charge in [0.25, 0.3) is 0 Å². The van der Waals surface area contributed by atoms with E-state index in [4.69, 9.17) is 0 Å². The number of hydrogen-bond acceptors (Lipinski definition) is 3. The second kappa shape index (κ2) is 6.15. The highest BCUT2D eigenvalue weighted by Gasteiger charge is 2.34. The summed E-state index contributed by atoms with van der Waals surface area (Å²) < 4.78 is 0. The highest BCUT2D eigenvalue weighted by Crippen LogP contribution is 2.33. The standard InChI is InChI=1S/C17H30N2O/c1-13(2)14-3-6-17(20)15(11-14)12-18-7-9-19(10-8-18)16-4-5-16/h13-16H,3-12H2,1-2H3. The maximum absolute atomic E-state index is 12.2. The molecule has 2 saturated carbocycles. The fourth-order valence-electron chi connectivity index (χ4n) is 3.99. The third-order valence-electron chi connectivity index (χ3n) is 5.70. The number of carbonyl (C=O) groups excluding carboxylic acids is 1. The Balaban J connectivity index is 1.47. The Morgan fingerprint density at radius 2 is 1.80 bits per heavy atom. The minimum absolute atomic E-state index is 0.323. The molecule has 3 heteroatoms. The largest absolute Gasteiger partial charge is 0.300 e. The molecule has 2 aliphatic carbocycles. The Labute approximate surface area is 123 Å². The average molecular weight is 278 g/mol. The molecular weight excluding hydrogens is 248 g/mol. The van der Waals surface area contributed by atoms with Crippen molar-refractivity contribution in [1.82, 2.24) is 9.80 Å². The van der Waals surface area contributed by atoms with Crippen molar-refractivity contribution >= 4 is 5.78 Å². The minimum Gasteiger partial charge on any atom is -0.300 e. The van der Waals surface area contributed by atoms with Crippen molar-refractivity contribution in [3.63, 3.8) is 0 Å². The molecule has 3 fully saturated rings. The lowest BCUT2D eigenvalue weighted by molar-refractivity contribution is -0.126. The van der Waals surface area contributed by atoms with E-state index in [9.17, 15) is 4.79 Å². The summed E-state index contributed by atoms with van der Waals surface area (Å²) in [7, 11) is 0. The Morgan fingerprint density at radius 1 is 1.10 bits per heavy atom. The third-order valence-corrected chi connectivity index (χ3v) is 5.70. The molecule has 1 heterocycles. The predicted molar refractivity (Wildman–Crippen MR) is 81.7 cm³/mol. The van der Waals surface area contributed by atoms with Gasteiger partial charge in [-0.05, 0) is 37.5 Å². The van der Waals surface area contributed by atoms with Crippen molar-refractivity contribution in [2.75, 3.05) is 32.7 Å². The Kier molecular flexibility index (Phi) is 4.46. The highest BCUT2D eigenvalue weighted by atomic mass is 16.1. The molecule has 1 aliphatic heterocycles. The van der Waals surface area contributed by atoms with Gasteiger partial charge in [-0.3, -0.25) is 9.69 Å². The zero-order chi connectivity index (χ0) is 14.1. The van der Waals surface area contributed by atoms with Gasteiger partial charge in [0.2, 0.25) is 0 Å². The number of carbonyl (C=O) groups is 1. The van der Waals surface area contributed by atoms with E-state index in [2.05, 4.69) is 23.6 Å². The number of ketones is 1. The molecule has 20 heavy (non-hydrogen) atoms. The molecule has 0 amide bonds. The third kappa shape index (κ3) is 3.43. The summed E-state index contributed by atoms with van der Waals surface area (Å²) >= 11 is 0. The molecule has 114 valence electrons. The molecule has 0 radical (unpaired) electrons. The summed E-state index contributed by atoms with van der Waals surface area (Å²) in [5.74, 6) is 2.36. The van der Waals surface area contributed by atoms with Gasteiger partial charge in [-0.25, -0.2) is 0 Å². The van der Waals surface area contributed by atoms with Crippen LogP contribution in [-0.2, 0) is 4.79 Å². The van der Waals surface area contributed by atoms with E-state index in [-0.39, 0.29) is 0 Å². The van der Waals surface area contributed by atoms with Crippen LogP contribution >= 0.6 is 0 Å². The number of piperazine rings is 1. The summed E-state index contributed by atoms with van der Waals surface area (Å²) in [6.45, 7) is 10.4. The van der Waals surface area contributed by atoms with Crippen molar-refractivity contribution < 1.29 is 4.79 Å². The molecule has 2 atom stereocenters. The van der Waals surface area contributed by atoms with Crippen LogP contribution in [0.1, 0.15) is 46.0 Å². The van der Waals surface area contributed by atoms with Crippen molar-refractivity contribution in [2.24, 2.45) is 17.8 Å². The second-order valence-electron chi connectivity index (χ2n) is 7.51. The van der Waals surface area contributed by atoms with Crippen molar-refractivity contribution in [1.29, 1.82) is 0 Å². The van der Waals surface area contributed by atoms with E-state index in [1.165, 1.54) is 39.0 Å². The van der Waals surface area contributed by atoms with Crippen LogP contribution in [0.15, 0.2) is 0 Å². The first-order valence-electron chi connectivity index (χ1n) is 8.62. The lowest BCUT2D eigenvalue weighted by Gasteiger charge is -2.38. The number of rotatable bonds is 4. The molecule has 0 bridgehead atoms. The zero-order valence-corrected chi connectivity index (χ0v) is 13.2. The van der Waals surface area contributed by atoms with Crippen LogP contribution < -0.4 is 0 Å².